The normalized spacial score (nSPS) is 23.3. The molecule has 0 spiro atoms. The van der Waals surface area contributed by atoms with Crippen LogP contribution >= 0.6 is 0 Å². The highest BCUT2D eigenvalue weighted by molar-refractivity contribution is 5.29. The third kappa shape index (κ3) is 3.93. The highest BCUT2D eigenvalue weighted by Crippen LogP contribution is 2.30. The van der Waals surface area contributed by atoms with Crippen LogP contribution in [-0.2, 0) is 6.42 Å². The van der Waals surface area contributed by atoms with Crippen molar-refractivity contribution < 1.29 is 4.74 Å². The Morgan fingerprint density at radius 3 is 2.63 bits per heavy atom. The number of hydrogen-bond acceptors (Lipinski definition) is 3. The van der Waals surface area contributed by atoms with Crippen LogP contribution < -0.4 is 10.5 Å². The lowest BCUT2D eigenvalue weighted by Crippen LogP contribution is -2.24. The summed E-state index contributed by atoms with van der Waals surface area (Å²) in [4.78, 5) is 4.55. The molecule has 3 nitrogen and oxygen atoms in total. The van der Waals surface area contributed by atoms with Crippen molar-refractivity contribution in [2.45, 2.75) is 58.5 Å². The summed E-state index contributed by atoms with van der Waals surface area (Å²) in [5.41, 5.74) is 7.70. The van der Waals surface area contributed by atoms with E-state index in [1.807, 2.05) is 13.0 Å². The SMILES string of the molecule is CCC1CCC(Oc2ccc(C)nc2CCN)CC1. The first-order chi connectivity index (χ1) is 9.22. The third-order valence-corrected chi connectivity index (χ3v) is 4.12. The van der Waals surface area contributed by atoms with Crippen molar-refractivity contribution in [3.05, 3.63) is 23.5 Å². The van der Waals surface area contributed by atoms with E-state index in [0.717, 1.165) is 29.5 Å². The van der Waals surface area contributed by atoms with Crippen molar-refractivity contribution in [3.8, 4) is 5.75 Å². The summed E-state index contributed by atoms with van der Waals surface area (Å²) >= 11 is 0. The Bertz CT molecular complexity index is 398. The third-order valence-electron chi connectivity index (χ3n) is 4.12. The van der Waals surface area contributed by atoms with E-state index in [4.69, 9.17) is 10.5 Å². The Kier molecular flexibility index (Phi) is 5.20. The van der Waals surface area contributed by atoms with Gasteiger partial charge in [0.25, 0.3) is 0 Å². The zero-order valence-electron chi connectivity index (χ0n) is 12.2. The average Bonchev–Trinajstić information content (AvgIpc) is 2.43. The molecule has 106 valence electrons. The number of nitrogens with two attached hydrogens (primary N) is 1. The maximum absolute atomic E-state index is 6.17. The Morgan fingerprint density at radius 2 is 2.00 bits per heavy atom. The predicted octanol–water partition coefficient (Wildman–Crippen LogP) is 3.24. The lowest BCUT2D eigenvalue weighted by atomic mass is 9.86. The molecule has 2 N–H and O–H groups in total. The van der Waals surface area contributed by atoms with Crippen LogP contribution in [0.15, 0.2) is 12.1 Å². The van der Waals surface area contributed by atoms with Crippen molar-refractivity contribution in [1.29, 1.82) is 0 Å². The van der Waals surface area contributed by atoms with Crippen molar-refractivity contribution >= 4 is 0 Å². The summed E-state index contributed by atoms with van der Waals surface area (Å²) in [7, 11) is 0. The van der Waals surface area contributed by atoms with Crippen LogP contribution in [-0.4, -0.2) is 17.6 Å². The number of aromatic nitrogens is 1. The van der Waals surface area contributed by atoms with Gasteiger partial charge >= 0.3 is 0 Å². The van der Waals surface area contributed by atoms with E-state index in [2.05, 4.69) is 18.0 Å². The van der Waals surface area contributed by atoms with Gasteiger partial charge in [-0.1, -0.05) is 13.3 Å². The molecule has 19 heavy (non-hydrogen) atoms. The molecular weight excluding hydrogens is 236 g/mol. The van der Waals surface area contributed by atoms with Gasteiger partial charge in [0.05, 0.1) is 11.8 Å². The first-order valence-electron chi connectivity index (χ1n) is 7.56. The lowest BCUT2D eigenvalue weighted by Gasteiger charge is -2.28. The minimum Gasteiger partial charge on any atom is -0.489 e. The lowest BCUT2D eigenvalue weighted by molar-refractivity contribution is 0.128. The molecule has 3 heteroatoms. The molecule has 0 aliphatic heterocycles. The van der Waals surface area contributed by atoms with E-state index in [9.17, 15) is 0 Å². The zero-order valence-corrected chi connectivity index (χ0v) is 12.2. The van der Waals surface area contributed by atoms with Crippen LogP contribution in [0.5, 0.6) is 5.75 Å². The van der Waals surface area contributed by atoms with Crippen LogP contribution in [0.3, 0.4) is 0 Å². The minimum atomic E-state index is 0.365. The van der Waals surface area contributed by atoms with Crippen LogP contribution in [0.25, 0.3) is 0 Å². The van der Waals surface area contributed by atoms with Gasteiger partial charge in [-0.2, -0.15) is 0 Å². The molecule has 0 amide bonds. The molecule has 0 aromatic carbocycles. The molecule has 0 unspecified atom stereocenters. The second-order valence-corrected chi connectivity index (χ2v) is 5.60. The highest BCUT2D eigenvalue weighted by Gasteiger charge is 2.22. The van der Waals surface area contributed by atoms with Gasteiger partial charge in [-0.25, -0.2) is 0 Å². The molecule has 1 heterocycles. The van der Waals surface area contributed by atoms with Crippen molar-refractivity contribution in [2.24, 2.45) is 11.7 Å². The van der Waals surface area contributed by atoms with Gasteiger partial charge in [0, 0.05) is 12.1 Å². The number of pyridine rings is 1. The topological polar surface area (TPSA) is 48.1 Å². The van der Waals surface area contributed by atoms with Crippen LogP contribution in [0, 0.1) is 12.8 Å². The first-order valence-corrected chi connectivity index (χ1v) is 7.56. The van der Waals surface area contributed by atoms with Crippen LogP contribution in [0.1, 0.15) is 50.4 Å². The Labute approximate surface area is 116 Å². The fourth-order valence-electron chi connectivity index (χ4n) is 2.86. The molecule has 0 saturated heterocycles. The average molecular weight is 262 g/mol. The van der Waals surface area contributed by atoms with E-state index in [-0.39, 0.29) is 0 Å². The van der Waals surface area contributed by atoms with Gasteiger partial charge in [-0.3, -0.25) is 4.98 Å². The van der Waals surface area contributed by atoms with Gasteiger partial charge in [0.15, 0.2) is 0 Å². The molecule has 1 fully saturated rings. The fraction of sp³-hybridized carbons (Fsp3) is 0.688. The van der Waals surface area contributed by atoms with E-state index >= 15 is 0 Å². The van der Waals surface area contributed by atoms with Crippen LogP contribution in [0.2, 0.25) is 0 Å². The quantitative estimate of drug-likeness (QED) is 0.886. The van der Waals surface area contributed by atoms with Gasteiger partial charge < -0.3 is 10.5 Å². The van der Waals surface area contributed by atoms with Gasteiger partial charge in [0.2, 0.25) is 0 Å². The van der Waals surface area contributed by atoms with Gasteiger partial charge in [0.1, 0.15) is 5.75 Å². The van der Waals surface area contributed by atoms with Crippen LogP contribution in [0.4, 0.5) is 0 Å². The number of ether oxygens (including phenoxy) is 1. The Hall–Kier alpha value is -1.09. The monoisotopic (exact) mass is 262 g/mol. The molecule has 1 saturated carbocycles. The first kappa shape index (κ1) is 14.3. The summed E-state index contributed by atoms with van der Waals surface area (Å²) in [6.07, 6.45) is 7.41. The standard InChI is InChI=1S/C16H26N2O/c1-3-13-5-7-14(8-6-13)19-16-9-4-12(2)18-15(16)10-11-17/h4,9,13-14H,3,5-8,10-11,17H2,1-2H3. The van der Waals surface area contributed by atoms with E-state index < -0.39 is 0 Å². The van der Waals surface area contributed by atoms with Crippen molar-refractivity contribution in [2.75, 3.05) is 6.54 Å². The fourth-order valence-corrected chi connectivity index (χ4v) is 2.86. The molecule has 0 radical (unpaired) electrons. The predicted molar refractivity (Wildman–Crippen MR) is 78.4 cm³/mol. The van der Waals surface area contributed by atoms with Gasteiger partial charge in [-0.15, -0.1) is 0 Å². The molecule has 1 aromatic rings. The summed E-state index contributed by atoms with van der Waals surface area (Å²) in [5, 5.41) is 0. The Morgan fingerprint density at radius 1 is 1.26 bits per heavy atom. The Balaban J connectivity index is 1.99. The second kappa shape index (κ2) is 6.90. The number of rotatable bonds is 5. The largest absolute Gasteiger partial charge is 0.489 e. The van der Waals surface area contributed by atoms with E-state index in [1.165, 1.54) is 32.1 Å². The smallest absolute Gasteiger partial charge is 0.141 e. The van der Waals surface area contributed by atoms with E-state index in [1.54, 1.807) is 0 Å². The molecular formula is C16H26N2O. The van der Waals surface area contributed by atoms with E-state index in [0.29, 0.717) is 12.6 Å². The number of nitrogens with zero attached hydrogens (tertiary/aromatic N) is 1. The summed E-state index contributed by atoms with van der Waals surface area (Å²) in [6, 6.07) is 4.08. The van der Waals surface area contributed by atoms with Crippen molar-refractivity contribution in [1.82, 2.24) is 4.98 Å². The molecule has 2 rings (SSSR count). The molecule has 0 atom stereocenters. The second-order valence-electron chi connectivity index (χ2n) is 5.60. The maximum atomic E-state index is 6.17. The summed E-state index contributed by atoms with van der Waals surface area (Å²) in [6.45, 7) is 4.92. The minimum absolute atomic E-state index is 0.365. The molecule has 0 bridgehead atoms. The number of hydrogen-bond donors (Lipinski definition) is 1. The van der Waals surface area contributed by atoms with Gasteiger partial charge in [-0.05, 0) is 57.2 Å². The number of aryl methyl sites for hydroxylation is 1. The summed E-state index contributed by atoms with van der Waals surface area (Å²) < 4.78 is 6.17. The molecule has 1 aliphatic carbocycles. The highest BCUT2D eigenvalue weighted by atomic mass is 16.5. The van der Waals surface area contributed by atoms with Crippen molar-refractivity contribution in [3.63, 3.8) is 0 Å². The zero-order chi connectivity index (χ0) is 13.7. The maximum Gasteiger partial charge on any atom is 0.141 e. The summed E-state index contributed by atoms with van der Waals surface area (Å²) in [5.74, 6) is 1.84. The molecule has 1 aromatic heterocycles. The molecule has 1 aliphatic rings.